The molecule has 0 saturated heterocycles. The molecule has 0 radical (unpaired) electrons. The van der Waals surface area contributed by atoms with Gasteiger partial charge in [-0.2, -0.15) is 0 Å². The summed E-state index contributed by atoms with van der Waals surface area (Å²) in [6.45, 7) is 4.69. The second kappa shape index (κ2) is 3.01. The van der Waals surface area contributed by atoms with E-state index in [0.717, 1.165) is 12.5 Å². The van der Waals surface area contributed by atoms with E-state index in [2.05, 4.69) is 30.0 Å². The topological polar surface area (TPSA) is 3.24 Å². The first kappa shape index (κ1) is 8.34. The van der Waals surface area contributed by atoms with Crippen LogP contribution in [0, 0.1) is 0 Å². The van der Waals surface area contributed by atoms with E-state index in [1.54, 1.807) is 11.1 Å². The highest BCUT2D eigenvalue weighted by Gasteiger charge is 2.31. The number of likely N-dealkylation sites (N-methyl/N-ethyl adjacent to an activating group) is 1. The summed E-state index contributed by atoms with van der Waals surface area (Å²) in [7, 11) is 0. The van der Waals surface area contributed by atoms with Crippen LogP contribution in [0.1, 0.15) is 36.8 Å². The van der Waals surface area contributed by atoms with E-state index in [1.807, 2.05) is 0 Å². The highest BCUT2D eigenvalue weighted by molar-refractivity contribution is 5.63. The number of hydrogen-bond acceptors (Lipinski definition) is 1. The minimum atomic E-state index is 0.842. The fourth-order valence-corrected chi connectivity index (χ4v) is 3.09. The van der Waals surface area contributed by atoms with Crippen LogP contribution in [0.5, 0.6) is 0 Å². The molecule has 0 spiro atoms. The van der Waals surface area contributed by atoms with Gasteiger partial charge in [-0.1, -0.05) is 12.1 Å². The maximum absolute atomic E-state index is 2.54. The molecule has 1 aromatic rings. The van der Waals surface area contributed by atoms with Gasteiger partial charge >= 0.3 is 0 Å². The van der Waals surface area contributed by atoms with Crippen LogP contribution in [0.2, 0.25) is 0 Å². The van der Waals surface area contributed by atoms with Gasteiger partial charge in [0.05, 0.1) is 0 Å². The molecule has 0 N–H and O–H groups in total. The van der Waals surface area contributed by atoms with Crippen LogP contribution in [-0.4, -0.2) is 13.1 Å². The molecule has 1 atom stereocenters. The van der Waals surface area contributed by atoms with Crippen LogP contribution in [0.15, 0.2) is 18.2 Å². The molecule has 1 aliphatic carbocycles. The fraction of sp³-hybridized carbons (Fsp3) is 0.538. The zero-order valence-electron chi connectivity index (χ0n) is 8.79. The molecule has 1 unspecified atom stereocenters. The van der Waals surface area contributed by atoms with Crippen molar-refractivity contribution in [2.24, 2.45) is 0 Å². The Bertz CT molecular complexity index is 356. The standard InChI is InChI=1S/C13H17N/c1-2-14-9-11-7-3-5-10-6-4-8-12(14)13(10)11/h4,6,8,11H,2-3,5,7,9H2,1H3. The number of hydrogen-bond donors (Lipinski definition) is 0. The highest BCUT2D eigenvalue weighted by Crippen LogP contribution is 2.43. The fourth-order valence-electron chi connectivity index (χ4n) is 3.09. The van der Waals surface area contributed by atoms with E-state index in [4.69, 9.17) is 0 Å². The van der Waals surface area contributed by atoms with Gasteiger partial charge in [0.1, 0.15) is 0 Å². The van der Waals surface area contributed by atoms with Gasteiger partial charge in [-0.3, -0.25) is 0 Å². The molecule has 1 nitrogen and oxygen atoms in total. The van der Waals surface area contributed by atoms with E-state index >= 15 is 0 Å². The van der Waals surface area contributed by atoms with Crippen LogP contribution in [0.4, 0.5) is 5.69 Å². The van der Waals surface area contributed by atoms with E-state index in [1.165, 1.54) is 31.5 Å². The second-order valence-corrected chi connectivity index (χ2v) is 4.48. The van der Waals surface area contributed by atoms with Gasteiger partial charge in [0.25, 0.3) is 0 Å². The summed E-state index contributed by atoms with van der Waals surface area (Å²) in [6.07, 6.45) is 4.09. The van der Waals surface area contributed by atoms with Crippen molar-refractivity contribution in [2.45, 2.75) is 32.1 Å². The summed E-state index contributed by atoms with van der Waals surface area (Å²) in [5.74, 6) is 0.842. The summed E-state index contributed by atoms with van der Waals surface area (Å²) in [5, 5.41) is 0. The van der Waals surface area contributed by atoms with Crippen molar-refractivity contribution >= 4 is 5.69 Å². The number of benzene rings is 1. The predicted octanol–water partition coefficient (Wildman–Crippen LogP) is 2.95. The Kier molecular flexibility index (Phi) is 1.79. The first-order valence-corrected chi connectivity index (χ1v) is 5.77. The number of rotatable bonds is 1. The molecule has 3 rings (SSSR count). The smallest absolute Gasteiger partial charge is 0.0405 e. The van der Waals surface area contributed by atoms with Crippen LogP contribution in [-0.2, 0) is 6.42 Å². The van der Waals surface area contributed by atoms with Gasteiger partial charge < -0.3 is 4.90 Å². The number of aryl methyl sites for hydroxylation is 1. The van der Waals surface area contributed by atoms with Gasteiger partial charge in [0.15, 0.2) is 0 Å². The lowest BCUT2D eigenvalue weighted by Gasteiger charge is -2.19. The molecule has 0 aromatic heterocycles. The van der Waals surface area contributed by atoms with Gasteiger partial charge in [0.2, 0.25) is 0 Å². The molecule has 0 amide bonds. The van der Waals surface area contributed by atoms with Crippen molar-refractivity contribution in [1.29, 1.82) is 0 Å². The summed E-state index contributed by atoms with van der Waals surface area (Å²) < 4.78 is 0. The minimum Gasteiger partial charge on any atom is -0.371 e. The Morgan fingerprint density at radius 3 is 3.21 bits per heavy atom. The lowest BCUT2D eigenvalue weighted by atomic mass is 9.84. The molecule has 1 aromatic carbocycles. The maximum atomic E-state index is 2.54. The normalized spacial score (nSPS) is 23.8. The molecular weight excluding hydrogens is 170 g/mol. The molecular formula is C13H17N. The Hall–Kier alpha value is -0.980. The summed E-state index contributed by atoms with van der Waals surface area (Å²) in [5.41, 5.74) is 4.82. The average Bonchev–Trinajstić information content (AvgIpc) is 2.60. The maximum Gasteiger partial charge on any atom is 0.0405 e. The van der Waals surface area contributed by atoms with Crippen LogP contribution >= 0.6 is 0 Å². The van der Waals surface area contributed by atoms with Gasteiger partial charge in [-0.05, 0) is 43.4 Å². The van der Waals surface area contributed by atoms with Crippen molar-refractivity contribution in [1.82, 2.24) is 0 Å². The van der Waals surface area contributed by atoms with Gasteiger partial charge in [0, 0.05) is 24.7 Å². The SMILES string of the molecule is CCN1CC2CCCc3cccc1c32. The van der Waals surface area contributed by atoms with E-state index in [9.17, 15) is 0 Å². The molecule has 1 aliphatic heterocycles. The molecule has 0 saturated carbocycles. The zero-order valence-corrected chi connectivity index (χ0v) is 8.79. The van der Waals surface area contributed by atoms with E-state index in [-0.39, 0.29) is 0 Å². The lowest BCUT2D eigenvalue weighted by Crippen LogP contribution is -2.21. The second-order valence-electron chi connectivity index (χ2n) is 4.48. The number of nitrogens with zero attached hydrogens (tertiary/aromatic N) is 1. The molecule has 2 aliphatic rings. The van der Waals surface area contributed by atoms with Crippen molar-refractivity contribution in [3.63, 3.8) is 0 Å². The van der Waals surface area contributed by atoms with Crippen molar-refractivity contribution in [3.8, 4) is 0 Å². The molecule has 14 heavy (non-hydrogen) atoms. The van der Waals surface area contributed by atoms with Crippen molar-refractivity contribution in [2.75, 3.05) is 18.0 Å². The van der Waals surface area contributed by atoms with E-state index < -0.39 is 0 Å². The quantitative estimate of drug-likeness (QED) is 0.653. The number of anilines is 1. The molecule has 1 heteroatoms. The monoisotopic (exact) mass is 187 g/mol. The van der Waals surface area contributed by atoms with Gasteiger partial charge in [-0.25, -0.2) is 0 Å². The van der Waals surface area contributed by atoms with Crippen molar-refractivity contribution < 1.29 is 0 Å². The van der Waals surface area contributed by atoms with E-state index in [0.29, 0.717) is 0 Å². The first-order valence-electron chi connectivity index (χ1n) is 5.77. The Morgan fingerprint density at radius 1 is 1.43 bits per heavy atom. The third-order valence-electron chi connectivity index (χ3n) is 3.74. The first-order chi connectivity index (χ1) is 6.90. The van der Waals surface area contributed by atoms with Crippen LogP contribution < -0.4 is 4.90 Å². The minimum absolute atomic E-state index is 0.842. The van der Waals surface area contributed by atoms with Crippen molar-refractivity contribution in [3.05, 3.63) is 29.3 Å². The molecule has 0 bridgehead atoms. The Balaban J connectivity index is 2.15. The Morgan fingerprint density at radius 2 is 2.36 bits per heavy atom. The third-order valence-corrected chi connectivity index (χ3v) is 3.74. The van der Waals surface area contributed by atoms with Gasteiger partial charge in [-0.15, -0.1) is 0 Å². The third kappa shape index (κ3) is 1.01. The molecule has 0 fully saturated rings. The molecule has 74 valence electrons. The largest absolute Gasteiger partial charge is 0.371 e. The predicted molar refractivity (Wildman–Crippen MR) is 60.0 cm³/mol. The zero-order chi connectivity index (χ0) is 9.54. The van der Waals surface area contributed by atoms with Crippen LogP contribution in [0.25, 0.3) is 0 Å². The average molecular weight is 187 g/mol. The highest BCUT2D eigenvalue weighted by atomic mass is 15.1. The summed E-state index contributed by atoms with van der Waals surface area (Å²) in [4.78, 5) is 2.54. The lowest BCUT2D eigenvalue weighted by molar-refractivity contribution is 0.575. The Labute approximate surface area is 85.7 Å². The van der Waals surface area contributed by atoms with Crippen LogP contribution in [0.3, 0.4) is 0 Å². The summed E-state index contributed by atoms with van der Waals surface area (Å²) >= 11 is 0. The molecule has 1 heterocycles. The summed E-state index contributed by atoms with van der Waals surface area (Å²) in [6, 6.07) is 6.85.